The fourth-order valence-electron chi connectivity index (χ4n) is 0.947. The maximum Gasteiger partial charge on any atom is 0.411 e. The molecule has 0 saturated carbocycles. The van der Waals surface area contributed by atoms with E-state index >= 15 is 0 Å². The van der Waals surface area contributed by atoms with Crippen LogP contribution in [-0.4, -0.2) is 12.2 Å². The van der Waals surface area contributed by atoms with Crippen LogP contribution in [0.15, 0.2) is 22.7 Å². The summed E-state index contributed by atoms with van der Waals surface area (Å²) in [5, 5.41) is 2.32. The largest absolute Gasteiger partial charge is 0.447 e. The van der Waals surface area contributed by atoms with E-state index in [0.29, 0.717) is 4.47 Å². The second-order valence-corrected chi connectivity index (χ2v) is 4.12. The summed E-state index contributed by atoms with van der Waals surface area (Å²) >= 11 is 3.18. The van der Waals surface area contributed by atoms with Crippen LogP contribution in [0.2, 0.25) is 0 Å². The number of ether oxygens (including phenoxy) is 1. The Labute approximate surface area is 95.7 Å². The minimum atomic E-state index is -0.665. The van der Waals surface area contributed by atoms with Crippen LogP contribution in [0.4, 0.5) is 14.9 Å². The van der Waals surface area contributed by atoms with E-state index in [2.05, 4.69) is 21.2 Å². The van der Waals surface area contributed by atoms with Gasteiger partial charge in [-0.25, -0.2) is 9.18 Å². The number of carbonyl (C=O) groups excluding carboxylic acids is 1. The summed E-state index contributed by atoms with van der Waals surface area (Å²) in [6.07, 6.45) is -0.901. The number of nitrogens with one attached hydrogen (secondary N) is 1. The van der Waals surface area contributed by atoms with Gasteiger partial charge < -0.3 is 4.74 Å². The van der Waals surface area contributed by atoms with Gasteiger partial charge >= 0.3 is 6.09 Å². The van der Waals surface area contributed by atoms with Crippen molar-refractivity contribution in [3.63, 3.8) is 0 Å². The number of carbonyl (C=O) groups is 1. The molecule has 82 valence electrons. The van der Waals surface area contributed by atoms with Crippen LogP contribution in [0.3, 0.4) is 0 Å². The highest BCUT2D eigenvalue weighted by molar-refractivity contribution is 9.10. The predicted molar refractivity (Wildman–Crippen MR) is 59.3 cm³/mol. The maximum absolute atomic E-state index is 13.2. The second-order valence-electron chi connectivity index (χ2n) is 3.20. The van der Waals surface area contributed by atoms with Crippen molar-refractivity contribution < 1.29 is 13.9 Å². The third-order valence-corrected chi connectivity index (χ3v) is 2.00. The van der Waals surface area contributed by atoms with Crippen LogP contribution in [0.25, 0.3) is 0 Å². The first-order valence-electron chi connectivity index (χ1n) is 4.41. The number of anilines is 1. The fraction of sp³-hybridized carbons (Fsp3) is 0.300. The van der Waals surface area contributed by atoms with Crippen LogP contribution >= 0.6 is 15.9 Å². The van der Waals surface area contributed by atoms with E-state index in [0.717, 1.165) is 0 Å². The van der Waals surface area contributed by atoms with E-state index in [1.807, 2.05) is 0 Å². The number of benzene rings is 1. The van der Waals surface area contributed by atoms with Crippen LogP contribution in [-0.2, 0) is 4.74 Å². The van der Waals surface area contributed by atoms with Crippen LogP contribution in [0.1, 0.15) is 13.8 Å². The zero-order valence-electron chi connectivity index (χ0n) is 8.38. The standard InChI is InChI=1S/C10H11BrFNO2/c1-6(2)15-10(14)13-9-5-7(11)3-4-8(9)12/h3-6H,1-2H3,(H,13,14). The van der Waals surface area contributed by atoms with Crippen LogP contribution < -0.4 is 5.32 Å². The molecule has 1 N–H and O–H groups in total. The molecule has 0 bridgehead atoms. The van der Waals surface area contributed by atoms with Crippen molar-refractivity contribution in [3.05, 3.63) is 28.5 Å². The van der Waals surface area contributed by atoms with E-state index in [1.165, 1.54) is 12.1 Å². The van der Waals surface area contributed by atoms with Gasteiger partial charge in [-0.3, -0.25) is 5.32 Å². The monoisotopic (exact) mass is 275 g/mol. The molecule has 0 atom stereocenters. The molecule has 1 rings (SSSR count). The third kappa shape index (κ3) is 3.87. The Bertz CT molecular complexity index is 368. The molecule has 0 aliphatic rings. The first-order chi connectivity index (χ1) is 6.99. The smallest absolute Gasteiger partial charge is 0.411 e. The molecule has 3 nitrogen and oxygen atoms in total. The molecule has 1 aromatic carbocycles. The zero-order valence-corrected chi connectivity index (χ0v) is 9.97. The Morgan fingerprint density at radius 1 is 1.53 bits per heavy atom. The molecule has 0 aliphatic heterocycles. The highest BCUT2D eigenvalue weighted by Gasteiger charge is 2.09. The summed E-state index contributed by atoms with van der Waals surface area (Å²) in [5.74, 6) is -0.501. The predicted octanol–water partition coefficient (Wildman–Crippen LogP) is 3.55. The molecule has 0 unspecified atom stereocenters. The number of hydrogen-bond donors (Lipinski definition) is 1. The van der Waals surface area contributed by atoms with Crippen molar-refractivity contribution in [2.24, 2.45) is 0 Å². The summed E-state index contributed by atoms with van der Waals surface area (Å²) in [4.78, 5) is 11.2. The molecule has 0 radical (unpaired) electrons. The van der Waals surface area contributed by atoms with E-state index < -0.39 is 11.9 Å². The van der Waals surface area contributed by atoms with Gasteiger partial charge in [0, 0.05) is 4.47 Å². The third-order valence-electron chi connectivity index (χ3n) is 1.51. The van der Waals surface area contributed by atoms with E-state index in [1.54, 1.807) is 19.9 Å². The number of halogens is 2. The van der Waals surface area contributed by atoms with Gasteiger partial charge in [-0.05, 0) is 32.0 Å². The van der Waals surface area contributed by atoms with Gasteiger partial charge in [-0.15, -0.1) is 0 Å². The normalized spacial score (nSPS) is 10.2. The van der Waals surface area contributed by atoms with Gasteiger partial charge in [0.2, 0.25) is 0 Å². The molecule has 0 saturated heterocycles. The highest BCUT2D eigenvalue weighted by atomic mass is 79.9. The van der Waals surface area contributed by atoms with E-state index in [-0.39, 0.29) is 11.8 Å². The number of amides is 1. The van der Waals surface area contributed by atoms with E-state index in [4.69, 9.17) is 4.74 Å². The Hall–Kier alpha value is -1.10. The molecule has 15 heavy (non-hydrogen) atoms. The molecule has 1 aromatic rings. The van der Waals surface area contributed by atoms with Gasteiger partial charge in [0.05, 0.1) is 11.8 Å². The Kier molecular flexibility index (Phi) is 4.08. The molecule has 0 aromatic heterocycles. The first kappa shape index (κ1) is 12.0. The van der Waals surface area contributed by atoms with Crippen molar-refractivity contribution in [3.8, 4) is 0 Å². The lowest BCUT2D eigenvalue weighted by Gasteiger charge is -2.10. The molecular formula is C10H11BrFNO2. The van der Waals surface area contributed by atoms with Crippen molar-refractivity contribution in [2.75, 3.05) is 5.32 Å². The average molecular weight is 276 g/mol. The van der Waals surface area contributed by atoms with Crippen LogP contribution in [0.5, 0.6) is 0 Å². The second kappa shape index (κ2) is 5.11. The average Bonchev–Trinajstić information content (AvgIpc) is 2.10. The SMILES string of the molecule is CC(C)OC(=O)Nc1cc(Br)ccc1F. The Morgan fingerprint density at radius 2 is 2.20 bits per heavy atom. The van der Waals surface area contributed by atoms with Gasteiger partial charge in [-0.2, -0.15) is 0 Å². The summed E-state index contributed by atoms with van der Waals surface area (Å²) in [6, 6.07) is 4.28. The fourth-order valence-corrected chi connectivity index (χ4v) is 1.31. The summed E-state index contributed by atoms with van der Waals surface area (Å²) < 4.78 is 18.7. The van der Waals surface area contributed by atoms with Gasteiger partial charge in [0.15, 0.2) is 0 Å². The lowest BCUT2D eigenvalue weighted by Crippen LogP contribution is -2.18. The molecule has 0 fully saturated rings. The molecule has 1 amide bonds. The minimum absolute atomic E-state index is 0.0926. The molecule has 5 heteroatoms. The molecule has 0 heterocycles. The van der Waals surface area contributed by atoms with Crippen molar-refractivity contribution in [1.29, 1.82) is 0 Å². The summed E-state index contributed by atoms with van der Waals surface area (Å²) in [7, 11) is 0. The Balaban J connectivity index is 2.71. The minimum Gasteiger partial charge on any atom is -0.447 e. The van der Waals surface area contributed by atoms with E-state index in [9.17, 15) is 9.18 Å². The zero-order chi connectivity index (χ0) is 11.4. The van der Waals surface area contributed by atoms with Crippen molar-refractivity contribution in [1.82, 2.24) is 0 Å². The quantitative estimate of drug-likeness (QED) is 0.897. The molecule has 0 spiro atoms. The van der Waals surface area contributed by atoms with Crippen LogP contribution in [0, 0.1) is 5.82 Å². The van der Waals surface area contributed by atoms with Crippen molar-refractivity contribution in [2.45, 2.75) is 20.0 Å². The number of hydrogen-bond acceptors (Lipinski definition) is 2. The van der Waals surface area contributed by atoms with Gasteiger partial charge in [0.25, 0.3) is 0 Å². The lowest BCUT2D eigenvalue weighted by atomic mass is 10.3. The van der Waals surface area contributed by atoms with Crippen molar-refractivity contribution >= 4 is 27.7 Å². The van der Waals surface area contributed by atoms with Gasteiger partial charge in [-0.1, -0.05) is 15.9 Å². The topological polar surface area (TPSA) is 38.3 Å². The molecular weight excluding hydrogens is 265 g/mol. The first-order valence-corrected chi connectivity index (χ1v) is 5.21. The highest BCUT2D eigenvalue weighted by Crippen LogP contribution is 2.20. The number of rotatable bonds is 2. The lowest BCUT2D eigenvalue weighted by molar-refractivity contribution is 0.130. The Morgan fingerprint density at radius 3 is 2.80 bits per heavy atom. The summed E-state index contributed by atoms with van der Waals surface area (Å²) in [6.45, 7) is 3.44. The maximum atomic E-state index is 13.2. The van der Waals surface area contributed by atoms with Gasteiger partial charge in [0.1, 0.15) is 5.82 Å². The molecule has 0 aliphatic carbocycles. The summed E-state index contributed by atoms with van der Waals surface area (Å²) in [5.41, 5.74) is 0.0926.